The van der Waals surface area contributed by atoms with E-state index in [1.54, 1.807) is 4.90 Å². The topological polar surface area (TPSA) is 46.6 Å². The summed E-state index contributed by atoms with van der Waals surface area (Å²) in [5.74, 6) is -0.0197. The van der Waals surface area contributed by atoms with E-state index in [0.717, 1.165) is 32.0 Å². The standard InChI is InChI=1S/C13H21NO3/c1-12(2,3)17-11(16)14-8-10(9-15)4-5-13(14)6-7-13/h9-10H,4-8H2,1-3H3. The van der Waals surface area contributed by atoms with Crippen molar-refractivity contribution in [2.45, 2.75) is 57.6 Å². The minimum atomic E-state index is -0.471. The zero-order valence-corrected chi connectivity index (χ0v) is 10.9. The average molecular weight is 239 g/mol. The highest BCUT2D eigenvalue weighted by molar-refractivity contribution is 5.71. The fourth-order valence-corrected chi connectivity index (χ4v) is 2.47. The lowest BCUT2D eigenvalue weighted by molar-refractivity contribution is -0.113. The van der Waals surface area contributed by atoms with Gasteiger partial charge in [0.2, 0.25) is 0 Å². The Labute approximate surface area is 102 Å². The van der Waals surface area contributed by atoms with Crippen LogP contribution < -0.4 is 0 Å². The molecule has 1 aliphatic heterocycles. The fourth-order valence-electron chi connectivity index (χ4n) is 2.47. The van der Waals surface area contributed by atoms with Crippen LogP contribution in [0, 0.1) is 5.92 Å². The van der Waals surface area contributed by atoms with Gasteiger partial charge in [-0.3, -0.25) is 0 Å². The third-order valence-corrected chi connectivity index (χ3v) is 3.60. The van der Waals surface area contributed by atoms with E-state index in [9.17, 15) is 9.59 Å². The molecule has 0 aromatic heterocycles. The zero-order chi connectivity index (χ0) is 12.7. The van der Waals surface area contributed by atoms with Crippen LogP contribution in [-0.2, 0) is 9.53 Å². The molecule has 0 N–H and O–H groups in total. The number of nitrogens with zero attached hydrogens (tertiary/aromatic N) is 1. The molecule has 1 atom stereocenters. The maximum absolute atomic E-state index is 12.1. The molecule has 1 saturated heterocycles. The Bertz CT molecular complexity index is 328. The maximum atomic E-state index is 12.1. The van der Waals surface area contributed by atoms with Gasteiger partial charge in [0, 0.05) is 18.0 Å². The second kappa shape index (κ2) is 4.00. The van der Waals surface area contributed by atoms with Crippen molar-refractivity contribution in [3.05, 3.63) is 0 Å². The molecule has 2 aliphatic rings. The van der Waals surface area contributed by atoms with Gasteiger partial charge in [-0.05, 0) is 46.5 Å². The van der Waals surface area contributed by atoms with E-state index in [1.165, 1.54) is 0 Å². The van der Waals surface area contributed by atoms with Crippen molar-refractivity contribution in [3.63, 3.8) is 0 Å². The van der Waals surface area contributed by atoms with Crippen LogP contribution in [0.2, 0.25) is 0 Å². The predicted molar refractivity (Wildman–Crippen MR) is 63.7 cm³/mol. The summed E-state index contributed by atoms with van der Waals surface area (Å²) in [5, 5.41) is 0. The molecule has 17 heavy (non-hydrogen) atoms. The first-order valence-corrected chi connectivity index (χ1v) is 6.32. The number of piperidine rings is 1. The summed E-state index contributed by atoms with van der Waals surface area (Å²) in [4.78, 5) is 24.8. The van der Waals surface area contributed by atoms with Crippen molar-refractivity contribution in [3.8, 4) is 0 Å². The van der Waals surface area contributed by atoms with Gasteiger partial charge in [0.15, 0.2) is 0 Å². The highest BCUT2D eigenvalue weighted by atomic mass is 16.6. The van der Waals surface area contributed by atoms with E-state index in [4.69, 9.17) is 4.74 Å². The van der Waals surface area contributed by atoms with Crippen LogP contribution in [0.3, 0.4) is 0 Å². The van der Waals surface area contributed by atoms with Crippen molar-refractivity contribution in [2.24, 2.45) is 5.92 Å². The van der Waals surface area contributed by atoms with E-state index < -0.39 is 5.60 Å². The molecular formula is C13H21NO3. The summed E-state index contributed by atoms with van der Waals surface area (Å²) >= 11 is 0. The third kappa shape index (κ3) is 2.61. The highest BCUT2D eigenvalue weighted by Crippen LogP contribution is 2.49. The van der Waals surface area contributed by atoms with Crippen LogP contribution in [0.15, 0.2) is 0 Å². The Morgan fingerprint density at radius 1 is 1.35 bits per heavy atom. The summed E-state index contributed by atoms with van der Waals surface area (Å²) in [7, 11) is 0. The molecular weight excluding hydrogens is 218 g/mol. The summed E-state index contributed by atoms with van der Waals surface area (Å²) in [5.41, 5.74) is -0.455. The van der Waals surface area contributed by atoms with Gasteiger partial charge in [0.1, 0.15) is 11.9 Å². The summed E-state index contributed by atoms with van der Waals surface area (Å²) < 4.78 is 5.42. The molecule has 1 unspecified atom stereocenters. The van der Waals surface area contributed by atoms with Crippen LogP contribution in [0.4, 0.5) is 4.79 Å². The fraction of sp³-hybridized carbons (Fsp3) is 0.846. The minimum absolute atomic E-state index is 0.0157. The van der Waals surface area contributed by atoms with Gasteiger partial charge in [0.25, 0.3) is 0 Å². The number of amides is 1. The Kier molecular flexibility index (Phi) is 2.92. The maximum Gasteiger partial charge on any atom is 0.410 e. The average Bonchev–Trinajstić information content (AvgIpc) is 2.97. The lowest BCUT2D eigenvalue weighted by atomic mass is 9.92. The van der Waals surface area contributed by atoms with Crippen molar-refractivity contribution >= 4 is 12.4 Å². The van der Waals surface area contributed by atoms with E-state index in [2.05, 4.69) is 0 Å². The molecule has 1 heterocycles. The molecule has 1 aliphatic carbocycles. The number of aldehydes is 1. The van der Waals surface area contributed by atoms with Crippen LogP contribution in [0.1, 0.15) is 46.5 Å². The quantitative estimate of drug-likeness (QED) is 0.660. The van der Waals surface area contributed by atoms with Gasteiger partial charge in [-0.1, -0.05) is 0 Å². The van der Waals surface area contributed by atoms with Crippen LogP contribution in [0.25, 0.3) is 0 Å². The van der Waals surface area contributed by atoms with Crippen molar-refractivity contribution in [1.82, 2.24) is 4.90 Å². The van der Waals surface area contributed by atoms with Gasteiger partial charge in [0.05, 0.1) is 0 Å². The van der Waals surface area contributed by atoms with E-state index in [-0.39, 0.29) is 17.6 Å². The predicted octanol–water partition coefficient (Wildman–Crippen LogP) is 2.37. The molecule has 96 valence electrons. The third-order valence-electron chi connectivity index (χ3n) is 3.60. The van der Waals surface area contributed by atoms with E-state index in [1.807, 2.05) is 20.8 Å². The van der Waals surface area contributed by atoms with Crippen molar-refractivity contribution in [2.75, 3.05) is 6.54 Å². The van der Waals surface area contributed by atoms with Crippen molar-refractivity contribution < 1.29 is 14.3 Å². The SMILES string of the molecule is CC(C)(C)OC(=O)N1CC(C=O)CCC12CC2. The number of hydrogen-bond acceptors (Lipinski definition) is 3. The molecule has 2 fully saturated rings. The molecule has 0 aromatic carbocycles. The molecule has 0 aromatic rings. The molecule has 0 bridgehead atoms. The Morgan fingerprint density at radius 3 is 2.47 bits per heavy atom. The largest absolute Gasteiger partial charge is 0.444 e. The lowest BCUT2D eigenvalue weighted by Crippen LogP contribution is -2.50. The minimum Gasteiger partial charge on any atom is -0.444 e. The highest BCUT2D eigenvalue weighted by Gasteiger charge is 2.53. The Hall–Kier alpha value is -1.06. The van der Waals surface area contributed by atoms with Gasteiger partial charge in [-0.25, -0.2) is 4.79 Å². The lowest BCUT2D eigenvalue weighted by Gasteiger charge is -2.39. The van der Waals surface area contributed by atoms with E-state index >= 15 is 0 Å². The molecule has 1 saturated carbocycles. The van der Waals surface area contributed by atoms with Gasteiger partial charge < -0.3 is 14.4 Å². The second-order valence-corrected chi connectivity index (χ2v) is 6.25. The number of carbonyl (C=O) groups excluding carboxylic acids is 2. The normalized spacial score (nSPS) is 26.8. The summed E-state index contributed by atoms with van der Waals surface area (Å²) in [6.45, 7) is 6.13. The smallest absolute Gasteiger partial charge is 0.410 e. The number of ether oxygens (including phenoxy) is 1. The first-order valence-electron chi connectivity index (χ1n) is 6.32. The molecule has 0 radical (unpaired) electrons. The number of hydrogen-bond donors (Lipinski definition) is 0. The Balaban J connectivity index is 2.06. The second-order valence-electron chi connectivity index (χ2n) is 6.25. The first-order chi connectivity index (χ1) is 7.86. The number of likely N-dealkylation sites (tertiary alicyclic amines) is 1. The van der Waals surface area contributed by atoms with Crippen molar-refractivity contribution in [1.29, 1.82) is 0 Å². The number of rotatable bonds is 1. The molecule has 2 rings (SSSR count). The monoisotopic (exact) mass is 239 g/mol. The summed E-state index contributed by atoms with van der Waals surface area (Å²) in [6, 6.07) is 0. The van der Waals surface area contributed by atoms with Crippen LogP contribution >= 0.6 is 0 Å². The molecule has 1 amide bonds. The summed E-state index contributed by atoms with van der Waals surface area (Å²) in [6.07, 6.45) is 4.65. The number of carbonyl (C=O) groups is 2. The van der Waals surface area contributed by atoms with Gasteiger partial charge >= 0.3 is 6.09 Å². The van der Waals surface area contributed by atoms with E-state index in [0.29, 0.717) is 6.54 Å². The van der Waals surface area contributed by atoms with Crippen LogP contribution in [0.5, 0.6) is 0 Å². The van der Waals surface area contributed by atoms with Gasteiger partial charge in [-0.2, -0.15) is 0 Å². The first kappa shape index (κ1) is 12.4. The molecule has 1 spiro atoms. The van der Waals surface area contributed by atoms with Crippen LogP contribution in [-0.4, -0.2) is 35.0 Å². The zero-order valence-electron chi connectivity index (χ0n) is 10.9. The molecule has 4 nitrogen and oxygen atoms in total. The Morgan fingerprint density at radius 2 is 2.00 bits per heavy atom. The molecule has 4 heteroatoms. The van der Waals surface area contributed by atoms with Gasteiger partial charge in [-0.15, -0.1) is 0 Å².